The Morgan fingerprint density at radius 1 is 1.24 bits per heavy atom. The molecule has 5 heteroatoms. The maximum atomic E-state index is 11.7. The molecule has 5 nitrogen and oxygen atoms in total. The SMILES string of the molecule is C[C@H](CNC(=O)C(=O)NC[C@@H]1CCCO1)c1ccccc1. The van der Waals surface area contributed by atoms with Crippen molar-refractivity contribution in [1.82, 2.24) is 10.6 Å². The normalized spacial score (nSPS) is 19.0. The maximum Gasteiger partial charge on any atom is 0.309 e. The zero-order chi connectivity index (χ0) is 15.1. The van der Waals surface area contributed by atoms with Gasteiger partial charge in [-0.15, -0.1) is 0 Å². The summed E-state index contributed by atoms with van der Waals surface area (Å²) in [6.45, 7) is 3.60. The van der Waals surface area contributed by atoms with E-state index in [1.807, 2.05) is 37.3 Å². The van der Waals surface area contributed by atoms with Gasteiger partial charge in [-0.25, -0.2) is 0 Å². The second-order valence-electron chi connectivity index (χ2n) is 5.37. The van der Waals surface area contributed by atoms with Crippen LogP contribution in [-0.2, 0) is 14.3 Å². The molecule has 0 unspecified atom stereocenters. The van der Waals surface area contributed by atoms with E-state index in [9.17, 15) is 9.59 Å². The Kier molecular flexibility index (Phi) is 5.75. The van der Waals surface area contributed by atoms with Gasteiger partial charge >= 0.3 is 11.8 Å². The summed E-state index contributed by atoms with van der Waals surface area (Å²) in [5.41, 5.74) is 1.14. The number of benzene rings is 1. The first kappa shape index (κ1) is 15.5. The van der Waals surface area contributed by atoms with Crippen molar-refractivity contribution in [3.05, 3.63) is 35.9 Å². The first-order chi connectivity index (χ1) is 10.2. The molecule has 0 radical (unpaired) electrons. The molecule has 1 aliphatic rings. The summed E-state index contributed by atoms with van der Waals surface area (Å²) < 4.78 is 5.39. The monoisotopic (exact) mass is 290 g/mol. The molecule has 1 aliphatic heterocycles. The summed E-state index contributed by atoms with van der Waals surface area (Å²) in [4.78, 5) is 23.4. The summed E-state index contributed by atoms with van der Waals surface area (Å²) in [6, 6.07) is 9.89. The van der Waals surface area contributed by atoms with E-state index >= 15 is 0 Å². The number of amides is 2. The Labute approximate surface area is 125 Å². The third-order valence-electron chi connectivity index (χ3n) is 3.66. The van der Waals surface area contributed by atoms with Crippen LogP contribution >= 0.6 is 0 Å². The van der Waals surface area contributed by atoms with E-state index in [-0.39, 0.29) is 12.0 Å². The summed E-state index contributed by atoms with van der Waals surface area (Å²) in [5.74, 6) is -1.01. The van der Waals surface area contributed by atoms with Gasteiger partial charge in [0.15, 0.2) is 0 Å². The van der Waals surface area contributed by atoms with Crippen molar-refractivity contribution in [2.24, 2.45) is 0 Å². The van der Waals surface area contributed by atoms with Crippen LogP contribution in [0.15, 0.2) is 30.3 Å². The minimum absolute atomic E-state index is 0.0463. The number of hydrogen-bond donors (Lipinski definition) is 2. The average Bonchev–Trinajstić information content (AvgIpc) is 3.04. The summed E-state index contributed by atoms with van der Waals surface area (Å²) in [5, 5.41) is 5.28. The molecule has 0 spiro atoms. The largest absolute Gasteiger partial charge is 0.376 e. The molecule has 2 rings (SSSR count). The van der Waals surface area contributed by atoms with Crippen LogP contribution in [-0.4, -0.2) is 37.6 Å². The molecule has 1 fully saturated rings. The molecule has 21 heavy (non-hydrogen) atoms. The van der Waals surface area contributed by atoms with Crippen molar-refractivity contribution in [2.75, 3.05) is 19.7 Å². The van der Waals surface area contributed by atoms with Gasteiger partial charge in [0.25, 0.3) is 0 Å². The standard InChI is InChI=1S/C16H22N2O3/c1-12(13-6-3-2-4-7-13)10-17-15(19)16(20)18-11-14-8-5-9-21-14/h2-4,6-7,12,14H,5,8-11H2,1H3,(H,17,19)(H,18,20)/t12-,14+/m1/s1. The van der Waals surface area contributed by atoms with Crippen LogP contribution in [0.5, 0.6) is 0 Å². The molecule has 0 aliphatic carbocycles. The Morgan fingerprint density at radius 3 is 2.62 bits per heavy atom. The molecule has 2 amide bonds. The van der Waals surface area contributed by atoms with Crippen molar-refractivity contribution < 1.29 is 14.3 Å². The molecule has 1 heterocycles. The molecule has 114 valence electrons. The second-order valence-corrected chi connectivity index (χ2v) is 5.37. The fraction of sp³-hybridized carbons (Fsp3) is 0.500. The zero-order valence-corrected chi connectivity index (χ0v) is 12.3. The minimum Gasteiger partial charge on any atom is -0.376 e. The van der Waals surface area contributed by atoms with Gasteiger partial charge < -0.3 is 15.4 Å². The fourth-order valence-electron chi connectivity index (χ4n) is 2.32. The third kappa shape index (κ3) is 4.86. The van der Waals surface area contributed by atoms with E-state index in [0.717, 1.165) is 25.0 Å². The molecule has 2 atom stereocenters. The Morgan fingerprint density at radius 2 is 1.95 bits per heavy atom. The van der Waals surface area contributed by atoms with Gasteiger partial charge in [0.2, 0.25) is 0 Å². The van der Waals surface area contributed by atoms with Crippen molar-refractivity contribution in [3.8, 4) is 0 Å². The molecular weight excluding hydrogens is 268 g/mol. The molecule has 0 saturated carbocycles. The number of carbonyl (C=O) groups excluding carboxylic acids is 2. The van der Waals surface area contributed by atoms with Crippen LogP contribution in [0.2, 0.25) is 0 Å². The zero-order valence-electron chi connectivity index (χ0n) is 12.3. The van der Waals surface area contributed by atoms with Crippen LogP contribution in [0.1, 0.15) is 31.2 Å². The van der Waals surface area contributed by atoms with Crippen molar-refractivity contribution >= 4 is 11.8 Å². The van der Waals surface area contributed by atoms with Gasteiger partial charge in [0, 0.05) is 19.7 Å². The molecule has 0 aromatic heterocycles. The van der Waals surface area contributed by atoms with Gasteiger partial charge in [-0.2, -0.15) is 0 Å². The number of ether oxygens (including phenoxy) is 1. The average molecular weight is 290 g/mol. The van der Waals surface area contributed by atoms with Gasteiger partial charge in [0.05, 0.1) is 6.10 Å². The second kappa shape index (κ2) is 7.78. The van der Waals surface area contributed by atoms with E-state index < -0.39 is 11.8 Å². The number of nitrogens with one attached hydrogen (secondary N) is 2. The molecule has 1 aromatic rings. The molecule has 1 aromatic carbocycles. The van der Waals surface area contributed by atoms with Crippen LogP contribution in [0.4, 0.5) is 0 Å². The number of rotatable bonds is 5. The quantitative estimate of drug-likeness (QED) is 0.801. The minimum atomic E-state index is -0.592. The number of carbonyl (C=O) groups is 2. The van der Waals surface area contributed by atoms with Gasteiger partial charge in [0.1, 0.15) is 0 Å². The van der Waals surface area contributed by atoms with E-state index in [0.29, 0.717) is 13.1 Å². The van der Waals surface area contributed by atoms with Crippen LogP contribution in [0.3, 0.4) is 0 Å². The summed E-state index contributed by atoms with van der Waals surface area (Å²) in [7, 11) is 0. The Hall–Kier alpha value is -1.88. The summed E-state index contributed by atoms with van der Waals surface area (Å²) >= 11 is 0. The van der Waals surface area contributed by atoms with Gasteiger partial charge in [-0.1, -0.05) is 37.3 Å². The Bertz CT molecular complexity index is 470. The Balaban J connectivity index is 1.69. The highest BCUT2D eigenvalue weighted by Gasteiger charge is 2.19. The molecule has 0 bridgehead atoms. The topological polar surface area (TPSA) is 67.4 Å². The smallest absolute Gasteiger partial charge is 0.309 e. The highest BCUT2D eigenvalue weighted by molar-refractivity contribution is 6.35. The van der Waals surface area contributed by atoms with Gasteiger partial charge in [-0.05, 0) is 24.3 Å². The molecule has 2 N–H and O–H groups in total. The van der Waals surface area contributed by atoms with E-state index in [2.05, 4.69) is 10.6 Å². The predicted molar refractivity (Wildman–Crippen MR) is 79.9 cm³/mol. The lowest BCUT2D eigenvalue weighted by molar-refractivity contribution is -0.139. The lowest BCUT2D eigenvalue weighted by Gasteiger charge is -2.14. The lowest BCUT2D eigenvalue weighted by Crippen LogP contribution is -2.43. The first-order valence-electron chi connectivity index (χ1n) is 7.39. The van der Waals surface area contributed by atoms with E-state index in [1.165, 1.54) is 0 Å². The highest BCUT2D eigenvalue weighted by Crippen LogP contribution is 2.13. The van der Waals surface area contributed by atoms with E-state index in [1.54, 1.807) is 0 Å². The van der Waals surface area contributed by atoms with Crippen molar-refractivity contribution in [1.29, 1.82) is 0 Å². The highest BCUT2D eigenvalue weighted by atomic mass is 16.5. The lowest BCUT2D eigenvalue weighted by atomic mass is 10.0. The molecular formula is C16H22N2O3. The van der Waals surface area contributed by atoms with E-state index in [4.69, 9.17) is 4.74 Å². The van der Waals surface area contributed by atoms with Gasteiger partial charge in [-0.3, -0.25) is 9.59 Å². The maximum absolute atomic E-state index is 11.7. The van der Waals surface area contributed by atoms with Crippen LogP contribution < -0.4 is 10.6 Å². The predicted octanol–water partition coefficient (Wildman–Crippen LogP) is 1.20. The number of hydrogen-bond acceptors (Lipinski definition) is 3. The summed E-state index contributed by atoms with van der Waals surface area (Å²) in [6.07, 6.45) is 2.00. The van der Waals surface area contributed by atoms with Crippen LogP contribution in [0.25, 0.3) is 0 Å². The van der Waals surface area contributed by atoms with Crippen molar-refractivity contribution in [3.63, 3.8) is 0 Å². The third-order valence-corrected chi connectivity index (χ3v) is 3.66. The van der Waals surface area contributed by atoms with Crippen molar-refractivity contribution in [2.45, 2.75) is 31.8 Å². The molecule has 1 saturated heterocycles. The van der Waals surface area contributed by atoms with Crippen LogP contribution in [0, 0.1) is 0 Å². The fourth-order valence-corrected chi connectivity index (χ4v) is 2.32. The first-order valence-corrected chi connectivity index (χ1v) is 7.39.